The molecule has 0 aliphatic carbocycles. The molecular formula is C16H17N5O4S. The lowest BCUT2D eigenvalue weighted by atomic mass is 10.1. The second kappa shape index (κ2) is 6.02. The second-order valence-electron chi connectivity index (χ2n) is 6.14. The van der Waals surface area contributed by atoms with Gasteiger partial charge in [-0.3, -0.25) is 4.79 Å². The maximum Gasteiger partial charge on any atom is 0.269 e. The van der Waals surface area contributed by atoms with E-state index >= 15 is 0 Å². The first-order valence-corrected chi connectivity index (χ1v) is 9.46. The Balaban J connectivity index is 1.84. The molecule has 3 aromatic rings. The quantitative estimate of drug-likeness (QED) is 0.611. The van der Waals surface area contributed by atoms with Gasteiger partial charge in [-0.15, -0.1) is 0 Å². The molecule has 10 heteroatoms. The Hall–Kier alpha value is -2.53. The van der Waals surface area contributed by atoms with E-state index in [1.807, 2.05) is 0 Å². The molecule has 1 aliphatic heterocycles. The van der Waals surface area contributed by atoms with Gasteiger partial charge in [0.1, 0.15) is 0 Å². The maximum atomic E-state index is 12.9. The Morgan fingerprint density at radius 1 is 1.15 bits per heavy atom. The number of amides is 1. The lowest BCUT2D eigenvalue weighted by Crippen LogP contribution is -2.47. The van der Waals surface area contributed by atoms with Gasteiger partial charge >= 0.3 is 0 Å². The van der Waals surface area contributed by atoms with Crippen LogP contribution in [0.15, 0.2) is 35.4 Å². The lowest BCUT2D eigenvalue weighted by molar-refractivity contribution is -0.108. The number of sulfonamides is 1. The summed E-state index contributed by atoms with van der Waals surface area (Å²) in [4.78, 5) is 18.8. The Labute approximate surface area is 149 Å². The van der Waals surface area contributed by atoms with E-state index in [1.165, 1.54) is 16.6 Å². The Bertz CT molecular complexity index is 1120. The summed E-state index contributed by atoms with van der Waals surface area (Å²) in [7, 11) is -3.68. The number of rotatable bonds is 3. The van der Waals surface area contributed by atoms with E-state index in [1.54, 1.807) is 18.2 Å². The van der Waals surface area contributed by atoms with Gasteiger partial charge in [-0.05, 0) is 24.3 Å². The van der Waals surface area contributed by atoms with E-state index in [9.17, 15) is 18.4 Å². The number of carbonyl (C=O) groups excluding carboxylic acids is 1. The largest absolute Gasteiger partial charge is 0.364 e. The van der Waals surface area contributed by atoms with Crippen molar-refractivity contribution in [2.45, 2.75) is 4.90 Å². The highest BCUT2D eigenvalue weighted by molar-refractivity contribution is 7.89. The zero-order chi connectivity index (χ0) is 18.5. The van der Waals surface area contributed by atoms with Gasteiger partial charge in [0, 0.05) is 48.7 Å². The molecule has 26 heavy (non-hydrogen) atoms. The van der Waals surface area contributed by atoms with E-state index in [4.69, 9.17) is 5.73 Å². The van der Waals surface area contributed by atoms with Crippen molar-refractivity contribution in [1.82, 2.24) is 19.3 Å². The number of benzene rings is 1. The number of pyridine rings is 1. The summed E-state index contributed by atoms with van der Waals surface area (Å²) < 4.78 is 27.2. The Morgan fingerprint density at radius 3 is 2.58 bits per heavy atom. The maximum absolute atomic E-state index is 12.9. The molecule has 0 radical (unpaired) electrons. The molecule has 0 spiro atoms. The van der Waals surface area contributed by atoms with E-state index < -0.39 is 15.9 Å². The van der Waals surface area contributed by atoms with Gasteiger partial charge in [0.25, 0.3) is 5.91 Å². The normalized spacial score (nSPS) is 17.1. The summed E-state index contributed by atoms with van der Waals surface area (Å²) >= 11 is 0. The number of aromatic nitrogens is 2. The van der Waals surface area contributed by atoms with Crippen molar-refractivity contribution in [3.05, 3.63) is 36.2 Å². The molecule has 9 nitrogen and oxygen atoms in total. The van der Waals surface area contributed by atoms with Gasteiger partial charge in [0.05, 0.1) is 10.4 Å². The number of hydrogen-bond acceptors (Lipinski definition) is 6. The monoisotopic (exact) mass is 375 g/mol. The van der Waals surface area contributed by atoms with Crippen LogP contribution in [0.5, 0.6) is 0 Å². The first kappa shape index (κ1) is 16.9. The third-order valence-corrected chi connectivity index (χ3v) is 6.47. The zero-order valence-electron chi connectivity index (χ0n) is 13.7. The highest BCUT2D eigenvalue weighted by Gasteiger charge is 2.28. The topological polar surface area (TPSA) is 133 Å². The number of aromatic amines is 1. The first-order valence-electron chi connectivity index (χ1n) is 8.02. The van der Waals surface area contributed by atoms with Gasteiger partial charge in [0.15, 0.2) is 5.69 Å². The van der Waals surface area contributed by atoms with Crippen LogP contribution in [0, 0.1) is 0 Å². The number of nitrogens with two attached hydrogens (primary N) is 1. The SMILES string of the molecule is NC(=O)c1nccc2c1[nH]c1ccc(S(=O)(=O)N3CCN(O)CC3)cc12. The molecule has 0 bridgehead atoms. The fraction of sp³-hybridized carbons (Fsp3) is 0.250. The molecule has 0 saturated carbocycles. The van der Waals surface area contributed by atoms with Gasteiger partial charge in [-0.2, -0.15) is 9.37 Å². The molecule has 1 fully saturated rings. The highest BCUT2D eigenvalue weighted by Crippen LogP contribution is 2.29. The Kier molecular flexibility index (Phi) is 3.92. The molecule has 1 aromatic carbocycles. The van der Waals surface area contributed by atoms with Gasteiger partial charge < -0.3 is 15.9 Å². The smallest absolute Gasteiger partial charge is 0.269 e. The number of H-pyrrole nitrogens is 1. The van der Waals surface area contributed by atoms with Crippen LogP contribution in [0.1, 0.15) is 10.5 Å². The summed E-state index contributed by atoms with van der Waals surface area (Å²) in [5.74, 6) is -0.656. The summed E-state index contributed by atoms with van der Waals surface area (Å²) in [6.07, 6.45) is 1.47. The molecule has 0 unspecified atom stereocenters. The second-order valence-corrected chi connectivity index (χ2v) is 8.07. The van der Waals surface area contributed by atoms with Crippen LogP contribution in [0.2, 0.25) is 0 Å². The van der Waals surface area contributed by atoms with E-state index in [2.05, 4.69) is 9.97 Å². The van der Waals surface area contributed by atoms with Crippen molar-refractivity contribution in [3.8, 4) is 0 Å². The molecular weight excluding hydrogens is 358 g/mol. The number of nitrogens with one attached hydrogen (secondary N) is 1. The van der Waals surface area contributed by atoms with Crippen LogP contribution < -0.4 is 5.73 Å². The predicted molar refractivity (Wildman–Crippen MR) is 94.2 cm³/mol. The molecule has 3 heterocycles. The molecule has 0 atom stereocenters. The van der Waals surface area contributed by atoms with Crippen LogP contribution in [0.4, 0.5) is 0 Å². The number of carbonyl (C=O) groups is 1. The summed E-state index contributed by atoms with van der Waals surface area (Å²) in [5, 5.41) is 11.9. The fourth-order valence-corrected chi connectivity index (χ4v) is 4.67. The number of nitrogens with zero attached hydrogens (tertiary/aromatic N) is 3. The number of primary amides is 1. The summed E-state index contributed by atoms with van der Waals surface area (Å²) in [6, 6.07) is 6.48. The molecule has 1 amide bonds. The molecule has 1 saturated heterocycles. The molecule has 4 N–H and O–H groups in total. The fourth-order valence-electron chi connectivity index (χ4n) is 3.22. The lowest BCUT2D eigenvalue weighted by Gasteiger charge is -2.30. The minimum atomic E-state index is -3.68. The average Bonchev–Trinajstić information content (AvgIpc) is 2.99. The highest BCUT2D eigenvalue weighted by atomic mass is 32.2. The predicted octanol–water partition coefficient (Wildman–Crippen LogP) is 0.510. The van der Waals surface area contributed by atoms with Gasteiger partial charge in [-0.25, -0.2) is 13.4 Å². The third-order valence-electron chi connectivity index (χ3n) is 4.58. The van der Waals surface area contributed by atoms with Crippen LogP contribution in [-0.2, 0) is 10.0 Å². The number of hydroxylamine groups is 2. The van der Waals surface area contributed by atoms with E-state index in [0.717, 1.165) is 5.06 Å². The van der Waals surface area contributed by atoms with Crippen molar-refractivity contribution >= 4 is 37.7 Å². The van der Waals surface area contributed by atoms with E-state index in [-0.39, 0.29) is 36.8 Å². The van der Waals surface area contributed by atoms with Crippen LogP contribution in [-0.4, -0.2) is 65.0 Å². The Morgan fingerprint density at radius 2 is 1.88 bits per heavy atom. The van der Waals surface area contributed by atoms with Crippen molar-refractivity contribution in [3.63, 3.8) is 0 Å². The number of fused-ring (bicyclic) bond motifs is 3. The third kappa shape index (κ3) is 2.63. The summed E-state index contributed by atoms with van der Waals surface area (Å²) in [5.41, 5.74) is 6.65. The van der Waals surface area contributed by atoms with Crippen molar-refractivity contribution < 1.29 is 18.4 Å². The minimum Gasteiger partial charge on any atom is -0.364 e. The minimum absolute atomic E-state index is 0.113. The molecule has 2 aromatic heterocycles. The molecule has 1 aliphatic rings. The van der Waals surface area contributed by atoms with Crippen molar-refractivity contribution in [2.75, 3.05) is 26.2 Å². The van der Waals surface area contributed by atoms with Crippen molar-refractivity contribution in [2.24, 2.45) is 5.73 Å². The van der Waals surface area contributed by atoms with Crippen molar-refractivity contribution in [1.29, 1.82) is 0 Å². The molecule has 136 valence electrons. The zero-order valence-corrected chi connectivity index (χ0v) is 14.5. The number of piperazine rings is 1. The standard InChI is InChI=1S/C16H17N5O4S/c17-16(22)15-14-11(3-4-18-15)12-9-10(1-2-13(12)19-14)26(24,25)21-7-5-20(23)6-8-21/h1-4,9,19,23H,5-8H2,(H2,17,22). The van der Waals surface area contributed by atoms with Crippen LogP contribution in [0.25, 0.3) is 21.8 Å². The van der Waals surface area contributed by atoms with Gasteiger partial charge in [0.2, 0.25) is 10.0 Å². The molecule has 4 rings (SSSR count). The number of hydrogen-bond donors (Lipinski definition) is 3. The first-order chi connectivity index (χ1) is 12.4. The summed E-state index contributed by atoms with van der Waals surface area (Å²) in [6.45, 7) is 0.978. The van der Waals surface area contributed by atoms with Gasteiger partial charge in [-0.1, -0.05) is 0 Å². The average molecular weight is 375 g/mol. The van der Waals surface area contributed by atoms with Crippen LogP contribution >= 0.6 is 0 Å². The van der Waals surface area contributed by atoms with Crippen LogP contribution in [0.3, 0.4) is 0 Å². The van der Waals surface area contributed by atoms with E-state index in [0.29, 0.717) is 21.8 Å².